The standard InChI is InChI=1S/C25H22BrN2O2PS.C18H15P.C9H9BrN2O2S.C9H9NO2.C8H8BrN3O2S.C7H7BrN2O4S.C7H9BrN2O2S.C6H3BrClNO4S.CH5N.2Fe/c1-27-32(29,30)25-18-17-20(26)19-24(25)28-31(21-11-5-2-6-12-21,22-13-7-3-8-14-22)23-15-9-4-10-16-23;1-4-10-16(11-5-1)19(17-12-6-2-7-13-17)18-14-8-3-9-15-18;1-6-11-8-4-3-7(10)5-9(8)15(13,14)12(6)2;1-12-9-4-2-8(3-5-9)6-10-7-11;1-12-8(10)11-6-3-2-5(9)4-7(6)15(12,13)14;1-9-15(13,14)7-3-2-5(8)4-6(7)10(11)12;1-10-13(11,12)7-3-2-5(8)4-6(7)9;7-4-1-2-6(14(8,12)13)5(3-4)9(10)11;1-2;;/h2-19,27H,1H3;1-15H;3-5H,1-2H3;2-5H,6H2,1H3;2-4H,1H3,(H2,10,11);2-4,9H,1H3;2-4,10H,9H2,1H3;1-3H;2H2,1H3;;. The molecule has 0 bridgehead atoms. The maximum absolute atomic E-state index is 12.9. The second kappa shape index (κ2) is 56.0. The zero-order valence-corrected chi connectivity index (χ0v) is 93.3. The summed E-state index contributed by atoms with van der Waals surface area (Å²) in [6, 6.07) is 96.9. The van der Waals surface area contributed by atoms with E-state index in [-0.39, 0.29) is 70.3 Å². The van der Waals surface area contributed by atoms with Gasteiger partial charge < -0.3 is 21.9 Å². The van der Waals surface area contributed by atoms with E-state index in [1.165, 1.54) is 98.9 Å². The third-order valence-corrected chi connectivity index (χ3v) is 37.2. The summed E-state index contributed by atoms with van der Waals surface area (Å²) < 4.78 is 164. The van der Waals surface area contributed by atoms with Crippen LogP contribution in [0.1, 0.15) is 12.5 Å². The molecule has 13 aromatic carbocycles. The molecule has 0 fully saturated rings. The van der Waals surface area contributed by atoms with Gasteiger partial charge in [0.05, 0.1) is 53.3 Å². The Morgan fingerprint density at radius 3 is 1.16 bits per heavy atom. The van der Waals surface area contributed by atoms with Gasteiger partial charge in [0.25, 0.3) is 40.5 Å². The average Bonchev–Trinajstić information content (AvgIpc) is 0.736. The summed E-state index contributed by atoms with van der Waals surface area (Å²) >= 11 is 19.2. The van der Waals surface area contributed by atoms with Crippen molar-refractivity contribution in [3.8, 4) is 5.75 Å². The molecule has 0 aliphatic carbocycles. The molecule has 736 valence electrons. The third-order valence-electron chi connectivity index (χ3n) is 18.7. The second-order valence-corrected chi connectivity index (χ2v) is 49.9. The maximum atomic E-state index is 12.9. The number of amidine groups is 1. The summed E-state index contributed by atoms with van der Waals surface area (Å²) in [7, 11) is -10.1. The monoisotopic (exact) mass is 2530 g/mol. The molecule has 0 saturated carbocycles. The van der Waals surface area contributed by atoms with Gasteiger partial charge in [-0.2, -0.15) is 0 Å². The Morgan fingerprint density at radius 1 is 0.460 bits per heavy atom. The first-order chi connectivity index (χ1) is 64.8. The van der Waals surface area contributed by atoms with Gasteiger partial charge in [-0.15, -0.1) is 0 Å². The van der Waals surface area contributed by atoms with Crippen molar-refractivity contribution in [1.82, 2.24) is 22.8 Å². The minimum absolute atomic E-state index is 0. The number of isocyanates is 1. The maximum Gasteiger partial charge on any atom is 0.290 e. The Balaban J connectivity index is 0.000000286. The molecule has 0 atom stereocenters. The van der Waals surface area contributed by atoms with Crippen LogP contribution in [0.3, 0.4) is 0 Å². The van der Waals surface area contributed by atoms with Gasteiger partial charge in [-0.3, -0.25) is 29.3 Å². The fraction of sp³-hybridized carbons (Fsp3) is 0.100. The second-order valence-electron chi connectivity index (χ2n) is 27.2. The molecule has 0 amide bonds. The van der Waals surface area contributed by atoms with E-state index in [9.17, 15) is 75.5 Å². The zero-order chi connectivity index (χ0) is 101. The largest absolute Gasteiger partial charge is 0.497 e. The summed E-state index contributed by atoms with van der Waals surface area (Å²) in [6.45, 7) is 2.05. The Kier molecular flexibility index (Phi) is 48.5. The number of benzene rings is 13. The van der Waals surface area contributed by atoms with Crippen LogP contribution in [0.4, 0.5) is 34.1 Å². The van der Waals surface area contributed by atoms with Crippen LogP contribution in [0.25, 0.3) is 0 Å². The van der Waals surface area contributed by atoms with Crippen molar-refractivity contribution in [1.29, 1.82) is 0 Å². The number of nitrogen functional groups attached to an aromatic ring is 1. The number of fused-ring (bicyclic) bond motifs is 2. The van der Waals surface area contributed by atoms with Crippen molar-refractivity contribution in [2.45, 2.75) is 42.8 Å². The number of halogens is 7. The number of nitro groups is 2. The normalized spacial score (nSPS) is 12.4. The number of aliphatic imine (C=N–C) groups is 3. The third kappa shape index (κ3) is 33.4. The van der Waals surface area contributed by atoms with Crippen LogP contribution >= 0.6 is 121 Å². The summed E-state index contributed by atoms with van der Waals surface area (Å²) in [5.41, 5.74) is 17.0. The molecule has 49 heteroatoms. The summed E-state index contributed by atoms with van der Waals surface area (Å²) in [5.74, 6) is 1.25. The molecule has 15 rings (SSSR count). The first-order valence-electron chi connectivity index (χ1n) is 39.2. The molecule has 2 aliphatic heterocycles. The van der Waals surface area contributed by atoms with Crippen LogP contribution in [-0.4, -0.2) is 136 Å². The van der Waals surface area contributed by atoms with Gasteiger partial charge in [0.2, 0.25) is 42.1 Å². The molecule has 13 aromatic rings. The molecule has 32 nitrogen and oxygen atoms in total. The molecule has 0 saturated heterocycles. The fourth-order valence-electron chi connectivity index (χ4n) is 11.9. The quantitative estimate of drug-likeness (QED) is 0.00640. The minimum Gasteiger partial charge on any atom is -0.497 e. The molecule has 139 heavy (non-hydrogen) atoms. The SMILES string of the molecule is CC1=Nc2ccc(Br)cc2S(=O)(=O)N1C.CN.CN1C(N)=Nc2ccc(Br)cc2S1(=O)=O.CNS(=O)(=O)c1ccc(Br)cc1N.CNS(=O)(=O)c1ccc(Br)cc1N=P(c1ccccc1)(c1ccccc1)c1ccccc1.CNS(=O)(=O)c1ccc(Br)cc1[N+](=O)[O-].COc1ccc(CN=C=O)cc1.O=[N+]([O-])c1cc(Br)ccc1S(=O)(=O)Cl.[Fe].[Fe].c1ccc(P(c2ccccc2)c2ccccc2)cc1. The number of nitrogens with two attached hydrogens (primary N) is 3. The number of ether oxygens (including phenoxy) is 1. The van der Waals surface area contributed by atoms with Gasteiger partial charge in [-0.25, -0.2) is 88.8 Å². The minimum atomic E-state index is -4.09. The van der Waals surface area contributed by atoms with Crippen LogP contribution in [0.2, 0.25) is 0 Å². The van der Waals surface area contributed by atoms with E-state index in [1.807, 2.05) is 83.6 Å². The van der Waals surface area contributed by atoms with Gasteiger partial charge >= 0.3 is 0 Å². The molecule has 0 radical (unpaired) electrons. The number of guanidine groups is 1. The van der Waals surface area contributed by atoms with E-state index in [0.29, 0.717) is 42.9 Å². The molecule has 2 heterocycles. The van der Waals surface area contributed by atoms with Crippen LogP contribution < -0.4 is 67.9 Å². The molecule has 9 N–H and O–H groups in total. The van der Waals surface area contributed by atoms with Crippen LogP contribution in [-0.2, 0) is 105 Å². The summed E-state index contributed by atoms with van der Waals surface area (Å²) in [4.78, 5) is 40.8. The van der Waals surface area contributed by atoms with Crippen molar-refractivity contribution in [3.05, 3.63) is 368 Å². The van der Waals surface area contributed by atoms with Crippen molar-refractivity contribution in [2.75, 3.05) is 55.1 Å². The van der Waals surface area contributed by atoms with E-state index in [1.54, 1.807) is 74.7 Å². The first-order valence-corrected chi connectivity index (χ1v) is 56.7. The number of methoxy groups -OCH3 is 1. The average molecular weight is 2530 g/mol. The van der Waals surface area contributed by atoms with Gasteiger partial charge in [-0.1, -0.05) is 290 Å². The van der Waals surface area contributed by atoms with Crippen LogP contribution in [0, 0.1) is 20.2 Å². The van der Waals surface area contributed by atoms with E-state index >= 15 is 0 Å². The Hall–Kier alpha value is -9.21. The number of hydrogen-bond acceptors (Lipinski definition) is 25. The number of nitrogens with zero attached hydrogens (tertiary/aromatic N) is 8. The molecular weight excluding hydrogens is 2450 g/mol. The number of rotatable bonds is 19. The number of sulfonamides is 5. The number of nitrogens with one attached hydrogen (secondary N) is 3. The smallest absolute Gasteiger partial charge is 0.290 e. The Labute approximate surface area is 884 Å². The number of carbonyl (C=O) groups excluding carboxylic acids is 1. The Morgan fingerprint density at radius 2 is 0.784 bits per heavy atom. The topological polar surface area (TPSA) is 487 Å². The predicted molar refractivity (Wildman–Crippen MR) is 566 cm³/mol. The molecule has 2 aliphatic rings. The number of anilines is 1. The van der Waals surface area contributed by atoms with E-state index < -0.39 is 100 Å². The van der Waals surface area contributed by atoms with Crippen molar-refractivity contribution in [3.63, 3.8) is 0 Å². The summed E-state index contributed by atoms with van der Waals surface area (Å²) in [5, 5.41) is 28.4. The van der Waals surface area contributed by atoms with Crippen molar-refractivity contribution >= 4 is 264 Å². The molecule has 0 unspecified atom stereocenters. The molecule has 0 aromatic heterocycles. The van der Waals surface area contributed by atoms with Gasteiger partial charge in [0, 0.05) is 114 Å². The summed E-state index contributed by atoms with van der Waals surface area (Å²) in [6.07, 6.45) is 1.49. The van der Waals surface area contributed by atoms with Gasteiger partial charge in [0.15, 0.2) is 9.79 Å². The first kappa shape index (κ1) is 120. The van der Waals surface area contributed by atoms with Crippen molar-refractivity contribution < 1.29 is 104 Å². The zero-order valence-electron chi connectivity index (χ0n) is 74.1. The van der Waals surface area contributed by atoms with E-state index in [0.717, 1.165) is 63.1 Å². The van der Waals surface area contributed by atoms with Gasteiger partial charge in [0.1, 0.15) is 31.2 Å². The Bertz CT molecular complexity index is 7060. The fourth-order valence-corrected chi connectivity index (χ4v) is 26.4. The van der Waals surface area contributed by atoms with Crippen LogP contribution in [0.5, 0.6) is 5.75 Å². The molecule has 0 spiro atoms. The van der Waals surface area contributed by atoms with Crippen molar-refractivity contribution in [2.24, 2.45) is 31.2 Å². The van der Waals surface area contributed by atoms with E-state index in [4.69, 9.17) is 31.6 Å². The predicted octanol–water partition coefficient (Wildman–Crippen LogP) is 17.4. The molecular formula is C90H87Br6ClFe2N14O18P2S6. The van der Waals surface area contributed by atoms with Gasteiger partial charge in [-0.05, 0) is 174 Å². The number of hydrogen-bond donors (Lipinski definition) is 6. The van der Waals surface area contributed by atoms with Crippen LogP contribution in [0.15, 0.2) is 391 Å². The van der Waals surface area contributed by atoms with E-state index in [2.05, 4.69) is 253 Å². The number of nitro benzene ring substituents is 2.